The molecule has 0 radical (unpaired) electrons. The number of rotatable bonds is 7. The summed E-state index contributed by atoms with van der Waals surface area (Å²) < 4.78 is 18.3. The van der Waals surface area contributed by atoms with Gasteiger partial charge in [0.25, 0.3) is 0 Å². The van der Waals surface area contributed by atoms with E-state index >= 15 is 0 Å². The molecule has 2 aromatic carbocycles. The number of halogens is 1. The number of methoxy groups -OCH3 is 1. The monoisotopic (exact) mass is 332 g/mol. The molecule has 0 spiro atoms. The van der Waals surface area contributed by atoms with E-state index in [1.165, 1.54) is 18.2 Å². The number of hydrogen-bond acceptors (Lipinski definition) is 3. The Balaban J connectivity index is 1.73. The quantitative estimate of drug-likeness (QED) is 0.729. The van der Waals surface area contributed by atoms with Crippen molar-refractivity contribution in [2.45, 2.75) is 12.5 Å². The maximum atomic E-state index is 13.1. The second kappa shape index (κ2) is 8.88. The average Bonchev–Trinajstić information content (AvgIpc) is 2.60. The fourth-order valence-electron chi connectivity index (χ4n) is 2.30. The molecule has 0 heterocycles. The molecular weight excluding hydrogens is 311 g/mol. The van der Waals surface area contributed by atoms with Gasteiger partial charge in [-0.05, 0) is 35.7 Å². The van der Waals surface area contributed by atoms with Gasteiger partial charge in [0.2, 0.25) is 0 Å². The first-order valence-corrected chi connectivity index (χ1v) is 7.67. The van der Waals surface area contributed by atoms with Crippen molar-refractivity contribution < 1.29 is 19.0 Å². The molecule has 0 aliphatic carbocycles. The Morgan fingerprint density at radius 2 is 2.00 bits per heavy atom. The molecule has 0 saturated carbocycles. The van der Waals surface area contributed by atoms with Gasteiger partial charge in [-0.15, -0.1) is 0 Å². The Morgan fingerprint density at radius 1 is 1.21 bits per heavy atom. The normalized spacial score (nSPS) is 11.6. The van der Waals surface area contributed by atoms with E-state index in [2.05, 4.69) is 10.6 Å². The van der Waals surface area contributed by atoms with Crippen molar-refractivity contribution in [3.63, 3.8) is 0 Å². The highest BCUT2D eigenvalue weighted by atomic mass is 19.1. The molecule has 3 N–H and O–H groups in total. The summed E-state index contributed by atoms with van der Waals surface area (Å²) in [6, 6.07) is 12.9. The van der Waals surface area contributed by atoms with E-state index < -0.39 is 11.9 Å². The number of ether oxygens (including phenoxy) is 1. The van der Waals surface area contributed by atoms with Crippen molar-refractivity contribution in [3.8, 4) is 5.75 Å². The van der Waals surface area contributed by atoms with Gasteiger partial charge in [-0.1, -0.05) is 30.3 Å². The minimum absolute atomic E-state index is 0.00391. The summed E-state index contributed by atoms with van der Waals surface area (Å²) in [5.41, 5.74) is 1.42. The minimum Gasteiger partial charge on any atom is -0.496 e. The van der Waals surface area contributed by atoms with Crippen molar-refractivity contribution in [1.29, 1.82) is 0 Å². The first kappa shape index (κ1) is 17.7. The molecule has 0 unspecified atom stereocenters. The van der Waals surface area contributed by atoms with Gasteiger partial charge in [-0.3, -0.25) is 0 Å². The molecule has 128 valence electrons. The molecule has 6 heteroatoms. The van der Waals surface area contributed by atoms with E-state index in [1.54, 1.807) is 13.2 Å². The summed E-state index contributed by atoms with van der Waals surface area (Å²) in [4.78, 5) is 11.8. The topological polar surface area (TPSA) is 70.6 Å². The lowest BCUT2D eigenvalue weighted by molar-refractivity contribution is 0.173. The molecule has 5 nitrogen and oxygen atoms in total. The van der Waals surface area contributed by atoms with Gasteiger partial charge in [0, 0.05) is 13.1 Å². The number of para-hydroxylation sites is 1. The predicted molar refractivity (Wildman–Crippen MR) is 89.5 cm³/mol. The maximum absolute atomic E-state index is 13.1. The molecule has 0 aliphatic rings. The second-order valence-electron chi connectivity index (χ2n) is 5.27. The fraction of sp³-hybridized carbons (Fsp3) is 0.278. The highest BCUT2D eigenvalue weighted by molar-refractivity contribution is 5.73. The number of aliphatic hydroxyl groups is 1. The SMILES string of the molecule is COc1ccccc1CCNC(=O)NC[C@H](O)c1cccc(F)c1. The molecule has 0 fully saturated rings. The standard InChI is InChI=1S/C18H21FN2O3/c1-24-17-8-3-2-5-13(17)9-10-20-18(23)21-12-16(22)14-6-4-7-15(19)11-14/h2-8,11,16,22H,9-10,12H2,1H3,(H2,20,21,23)/t16-/m0/s1. The summed E-state index contributed by atoms with van der Waals surface area (Å²) in [7, 11) is 1.60. The lowest BCUT2D eigenvalue weighted by Gasteiger charge is -2.13. The van der Waals surface area contributed by atoms with Crippen molar-refractivity contribution in [2.24, 2.45) is 0 Å². The zero-order valence-electron chi connectivity index (χ0n) is 13.5. The zero-order chi connectivity index (χ0) is 17.4. The van der Waals surface area contributed by atoms with Crippen LogP contribution >= 0.6 is 0 Å². The summed E-state index contributed by atoms with van der Waals surface area (Å²) in [6.45, 7) is 0.437. The van der Waals surface area contributed by atoms with Crippen LogP contribution in [0.3, 0.4) is 0 Å². The Kier molecular flexibility index (Phi) is 6.57. The van der Waals surface area contributed by atoms with E-state index in [-0.39, 0.29) is 12.6 Å². The Morgan fingerprint density at radius 3 is 2.75 bits per heavy atom. The minimum atomic E-state index is -0.958. The third-order valence-electron chi connectivity index (χ3n) is 3.56. The van der Waals surface area contributed by atoms with E-state index in [1.807, 2.05) is 24.3 Å². The van der Waals surface area contributed by atoms with Crippen LogP contribution in [0.1, 0.15) is 17.2 Å². The fourth-order valence-corrected chi connectivity index (χ4v) is 2.30. The van der Waals surface area contributed by atoms with Gasteiger partial charge < -0.3 is 20.5 Å². The number of amides is 2. The number of carbonyl (C=O) groups is 1. The maximum Gasteiger partial charge on any atom is 0.314 e. The summed E-state index contributed by atoms with van der Waals surface area (Å²) in [5, 5.41) is 15.2. The first-order valence-electron chi connectivity index (χ1n) is 7.67. The van der Waals surface area contributed by atoms with Crippen molar-refractivity contribution in [1.82, 2.24) is 10.6 Å². The molecule has 1 atom stereocenters. The Labute approximate surface area is 140 Å². The van der Waals surface area contributed by atoms with Crippen LogP contribution in [0.2, 0.25) is 0 Å². The van der Waals surface area contributed by atoms with Crippen LogP contribution in [-0.2, 0) is 6.42 Å². The van der Waals surface area contributed by atoms with Crippen LogP contribution in [-0.4, -0.2) is 31.3 Å². The molecule has 2 rings (SSSR count). The molecule has 0 aromatic heterocycles. The number of aliphatic hydroxyl groups excluding tert-OH is 1. The highest BCUT2D eigenvalue weighted by Gasteiger charge is 2.10. The molecule has 0 saturated heterocycles. The van der Waals surface area contributed by atoms with Crippen molar-refractivity contribution in [3.05, 3.63) is 65.5 Å². The van der Waals surface area contributed by atoms with Gasteiger partial charge in [0.05, 0.1) is 13.2 Å². The molecule has 2 aromatic rings. The van der Waals surface area contributed by atoms with E-state index in [4.69, 9.17) is 4.74 Å². The molecule has 24 heavy (non-hydrogen) atoms. The first-order chi connectivity index (χ1) is 11.6. The lowest BCUT2D eigenvalue weighted by atomic mass is 10.1. The van der Waals surface area contributed by atoms with Crippen LogP contribution in [0.5, 0.6) is 5.75 Å². The molecular formula is C18H21FN2O3. The number of nitrogens with one attached hydrogen (secondary N) is 2. The van der Waals surface area contributed by atoms with Gasteiger partial charge in [0.1, 0.15) is 11.6 Å². The van der Waals surface area contributed by atoms with Gasteiger partial charge >= 0.3 is 6.03 Å². The second-order valence-corrected chi connectivity index (χ2v) is 5.27. The summed E-state index contributed by atoms with van der Waals surface area (Å²) in [5.74, 6) is 0.356. The third kappa shape index (κ3) is 5.24. The van der Waals surface area contributed by atoms with Crippen LogP contribution in [0.15, 0.2) is 48.5 Å². The molecule has 0 bridgehead atoms. The molecule has 0 aliphatic heterocycles. The van der Waals surface area contributed by atoms with Crippen molar-refractivity contribution in [2.75, 3.05) is 20.2 Å². The van der Waals surface area contributed by atoms with Gasteiger partial charge in [-0.25, -0.2) is 9.18 Å². The third-order valence-corrected chi connectivity index (χ3v) is 3.56. The van der Waals surface area contributed by atoms with E-state index in [9.17, 15) is 14.3 Å². The predicted octanol–water partition coefficient (Wildman–Crippen LogP) is 2.41. The Hall–Kier alpha value is -2.60. The summed E-state index contributed by atoms with van der Waals surface area (Å²) >= 11 is 0. The van der Waals surface area contributed by atoms with Crippen LogP contribution in [0.4, 0.5) is 9.18 Å². The van der Waals surface area contributed by atoms with Gasteiger partial charge in [0.15, 0.2) is 0 Å². The van der Waals surface area contributed by atoms with Gasteiger partial charge in [-0.2, -0.15) is 0 Å². The average molecular weight is 332 g/mol. The highest BCUT2D eigenvalue weighted by Crippen LogP contribution is 2.17. The van der Waals surface area contributed by atoms with Crippen molar-refractivity contribution >= 4 is 6.03 Å². The largest absolute Gasteiger partial charge is 0.496 e. The number of hydrogen-bond donors (Lipinski definition) is 3. The van der Waals surface area contributed by atoms with Crippen LogP contribution in [0, 0.1) is 5.82 Å². The van der Waals surface area contributed by atoms with E-state index in [0.29, 0.717) is 18.5 Å². The number of carbonyl (C=O) groups excluding carboxylic acids is 1. The molecule has 2 amide bonds. The summed E-state index contributed by atoms with van der Waals surface area (Å²) in [6.07, 6.45) is -0.329. The number of benzene rings is 2. The zero-order valence-corrected chi connectivity index (χ0v) is 13.5. The lowest BCUT2D eigenvalue weighted by Crippen LogP contribution is -2.38. The van der Waals surface area contributed by atoms with Crippen LogP contribution in [0.25, 0.3) is 0 Å². The van der Waals surface area contributed by atoms with E-state index in [0.717, 1.165) is 11.3 Å². The number of urea groups is 1. The smallest absolute Gasteiger partial charge is 0.314 e. The van der Waals surface area contributed by atoms with Crippen LogP contribution < -0.4 is 15.4 Å². The Bertz CT molecular complexity index is 679.